The van der Waals surface area contributed by atoms with Gasteiger partial charge in [-0.2, -0.15) is 0 Å². The van der Waals surface area contributed by atoms with Crippen LogP contribution in [0.4, 0.5) is 0 Å². The van der Waals surface area contributed by atoms with E-state index in [1.165, 1.54) is 11.1 Å². The van der Waals surface area contributed by atoms with Gasteiger partial charge >= 0.3 is 0 Å². The summed E-state index contributed by atoms with van der Waals surface area (Å²) in [5, 5.41) is 10.4. The lowest BCUT2D eigenvalue weighted by atomic mass is 9.59. The van der Waals surface area contributed by atoms with Gasteiger partial charge in [0.25, 0.3) is 0 Å². The summed E-state index contributed by atoms with van der Waals surface area (Å²) in [6.45, 7) is 19.5. The highest BCUT2D eigenvalue weighted by Crippen LogP contribution is 2.61. The van der Waals surface area contributed by atoms with Crippen LogP contribution in [-0.4, -0.2) is 5.11 Å². The second-order valence-electron chi connectivity index (χ2n) is 7.99. The highest BCUT2D eigenvalue weighted by molar-refractivity contribution is 5.51. The molecular weight excluding hydrogens is 244 g/mol. The molecule has 0 spiro atoms. The Kier molecular flexibility index (Phi) is 3.04. The number of fused-ring (bicyclic) bond motifs is 1. The predicted molar refractivity (Wildman–Crippen MR) is 86.0 cm³/mol. The van der Waals surface area contributed by atoms with E-state index >= 15 is 0 Å². The van der Waals surface area contributed by atoms with Gasteiger partial charge in [0.15, 0.2) is 0 Å². The SMILES string of the molecule is C=C[C@](C)(O)c1ccc2c(c1)C(C)(C)C(C)(C)C2(C)C. The van der Waals surface area contributed by atoms with Crippen LogP contribution in [0, 0.1) is 5.41 Å². The van der Waals surface area contributed by atoms with Crippen LogP contribution in [0.25, 0.3) is 0 Å². The van der Waals surface area contributed by atoms with Crippen molar-refractivity contribution in [1.29, 1.82) is 0 Å². The molecule has 1 N–H and O–H groups in total. The second-order valence-corrected chi connectivity index (χ2v) is 7.99. The molecule has 110 valence electrons. The summed E-state index contributed by atoms with van der Waals surface area (Å²) in [6, 6.07) is 6.41. The molecule has 0 amide bonds. The van der Waals surface area contributed by atoms with Gasteiger partial charge in [0, 0.05) is 0 Å². The maximum absolute atomic E-state index is 10.4. The first-order chi connectivity index (χ1) is 8.89. The van der Waals surface area contributed by atoms with Crippen LogP contribution in [0.15, 0.2) is 30.9 Å². The molecule has 2 rings (SSSR count). The molecule has 1 aromatic carbocycles. The number of hydrogen-bond acceptors (Lipinski definition) is 1. The number of hydrogen-bond donors (Lipinski definition) is 1. The normalized spacial score (nSPS) is 24.8. The summed E-state index contributed by atoms with van der Waals surface area (Å²) >= 11 is 0. The lowest BCUT2D eigenvalue weighted by Gasteiger charge is -2.44. The highest BCUT2D eigenvalue weighted by atomic mass is 16.3. The topological polar surface area (TPSA) is 20.2 Å². The second kappa shape index (κ2) is 3.98. The average Bonchev–Trinajstić information content (AvgIpc) is 2.46. The molecule has 0 bridgehead atoms. The van der Waals surface area contributed by atoms with E-state index < -0.39 is 5.60 Å². The van der Waals surface area contributed by atoms with E-state index in [4.69, 9.17) is 0 Å². The van der Waals surface area contributed by atoms with Crippen LogP contribution in [0.3, 0.4) is 0 Å². The number of aliphatic hydroxyl groups is 1. The van der Waals surface area contributed by atoms with Crippen LogP contribution in [0.5, 0.6) is 0 Å². The summed E-state index contributed by atoms with van der Waals surface area (Å²) < 4.78 is 0. The molecule has 0 fully saturated rings. The summed E-state index contributed by atoms with van der Waals surface area (Å²) in [5.41, 5.74) is 3.04. The lowest BCUT2D eigenvalue weighted by molar-refractivity contribution is 0.111. The van der Waals surface area contributed by atoms with Crippen molar-refractivity contribution in [1.82, 2.24) is 0 Å². The molecule has 0 saturated heterocycles. The van der Waals surface area contributed by atoms with Crippen molar-refractivity contribution in [2.45, 2.75) is 64.9 Å². The molecule has 1 nitrogen and oxygen atoms in total. The van der Waals surface area contributed by atoms with Gasteiger partial charge in [-0.1, -0.05) is 72.4 Å². The van der Waals surface area contributed by atoms with E-state index in [2.05, 4.69) is 60.3 Å². The molecule has 1 atom stereocenters. The zero-order valence-corrected chi connectivity index (χ0v) is 14.0. The molecule has 0 radical (unpaired) electrons. The average molecular weight is 272 g/mol. The Labute approximate surface area is 123 Å². The van der Waals surface area contributed by atoms with Gasteiger partial charge in [0.1, 0.15) is 5.60 Å². The Morgan fingerprint density at radius 3 is 2.00 bits per heavy atom. The van der Waals surface area contributed by atoms with Gasteiger partial charge in [-0.15, -0.1) is 0 Å². The van der Waals surface area contributed by atoms with E-state index in [9.17, 15) is 5.11 Å². The van der Waals surface area contributed by atoms with Crippen molar-refractivity contribution in [3.8, 4) is 0 Å². The standard InChI is InChI=1S/C19H28O/c1-9-19(8,20)13-10-11-14-15(12-13)17(4,5)18(6,7)16(14,2)3/h9-12,20H,1H2,2-8H3/t19-/m0/s1. The summed E-state index contributed by atoms with van der Waals surface area (Å²) in [6.07, 6.45) is 1.60. The molecule has 1 aliphatic carbocycles. The van der Waals surface area contributed by atoms with Crippen molar-refractivity contribution >= 4 is 0 Å². The molecule has 1 heteroatoms. The molecule has 20 heavy (non-hydrogen) atoms. The monoisotopic (exact) mass is 272 g/mol. The van der Waals surface area contributed by atoms with E-state index in [0.29, 0.717) is 0 Å². The molecular formula is C19H28O. The number of benzene rings is 1. The zero-order valence-electron chi connectivity index (χ0n) is 14.0. The third kappa shape index (κ3) is 1.65. The van der Waals surface area contributed by atoms with Crippen LogP contribution < -0.4 is 0 Å². The minimum atomic E-state index is -0.970. The maximum atomic E-state index is 10.4. The van der Waals surface area contributed by atoms with Gasteiger partial charge in [-0.3, -0.25) is 0 Å². The van der Waals surface area contributed by atoms with E-state index in [-0.39, 0.29) is 16.2 Å². The first kappa shape index (κ1) is 15.3. The van der Waals surface area contributed by atoms with Crippen LogP contribution in [-0.2, 0) is 16.4 Å². The van der Waals surface area contributed by atoms with Gasteiger partial charge in [-0.05, 0) is 39.9 Å². The smallest absolute Gasteiger partial charge is 0.105 e. The third-order valence-electron chi connectivity index (χ3n) is 6.47. The van der Waals surface area contributed by atoms with E-state index in [1.54, 1.807) is 13.0 Å². The van der Waals surface area contributed by atoms with E-state index in [0.717, 1.165) is 5.56 Å². The summed E-state index contributed by atoms with van der Waals surface area (Å²) in [5.74, 6) is 0. The summed E-state index contributed by atoms with van der Waals surface area (Å²) in [7, 11) is 0. The maximum Gasteiger partial charge on any atom is 0.105 e. The van der Waals surface area contributed by atoms with Gasteiger partial charge < -0.3 is 5.11 Å². The quantitative estimate of drug-likeness (QED) is 0.775. The molecule has 0 unspecified atom stereocenters. The number of rotatable bonds is 2. The Bertz CT molecular complexity index is 559. The third-order valence-corrected chi connectivity index (χ3v) is 6.47. The first-order valence-electron chi connectivity index (χ1n) is 7.41. The Morgan fingerprint density at radius 2 is 1.50 bits per heavy atom. The molecule has 0 saturated carbocycles. The van der Waals surface area contributed by atoms with Crippen LogP contribution >= 0.6 is 0 Å². The minimum Gasteiger partial charge on any atom is -0.381 e. The molecule has 1 aliphatic rings. The zero-order chi connectivity index (χ0) is 15.6. The van der Waals surface area contributed by atoms with Crippen LogP contribution in [0.2, 0.25) is 0 Å². The molecule has 0 aliphatic heterocycles. The highest BCUT2D eigenvalue weighted by Gasteiger charge is 2.56. The van der Waals surface area contributed by atoms with E-state index in [1.807, 2.05) is 6.07 Å². The Morgan fingerprint density at radius 1 is 1.00 bits per heavy atom. The first-order valence-corrected chi connectivity index (χ1v) is 7.41. The largest absolute Gasteiger partial charge is 0.381 e. The predicted octanol–water partition coefficient (Wildman–Crippen LogP) is 4.68. The minimum absolute atomic E-state index is 0.0685. The van der Waals surface area contributed by atoms with Crippen molar-refractivity contribution < 1.29 is 5.11 Å². The van der Waals surface area contributed by atoms with Gasteiger partial charge in [-0.25, -0.2) is 0 Å². The lowest BCUT2D eigenvalue weighted by Crippen LogP contribution is -2.42. The Balaban J connectivity index is 2.73. The Hall–Kier alpha value is -1.08. The fraction of sp³-hybridized carbons (Fsp3) is 0.579. The fourth-order valence-corrected chi connectivity index (χ4v) is 3.49. The molecule has 1 aromatic rings. The summed E-state index contributed by atoms with van der Waals surface area (Å²) in [4.78, 5) is 0. The van der Waals surface area contributed by atoms with Crippen molar-refractivity contribution in [3.05, 3.63) is 47.5 Å². The molecule has 0 heterocycles. The molecule has 0 aromatic heterocycles. The van der Waals surface area contributed by atoms with Gasteiger partial charge in [0.05, 0.1) is 0 Å². The van der Waals surface area contributed by atoms with Crippen molar-refractivity contribution in [2.24, 2.45) is 5.41 Å². The van der Waals surface area contributed by atoms with Crippen LogP contribution in [0.1, 0.15) is 65.2 Å². The van der Waals surface area contributed by atoms with Crippen molar-refractivity contribution in [2.75, 3.05) is 0 Å². The van der Waals surface area contributed by atoms with Gasteiger partial charge in [0.2, 0.25) is 0 Å². The van der Waals surface area contributed by atoms with Crippen molar-refractivity contribution in [3.63, 3.8) is 0 Å². The fourth-order valence-electron chi connectivity index (χ4n) is 3.49.